The molecule has 1 aromatic heterocycles. The van der Waals surface area contributed by atoms with E-state index in [1.165, 1.54) is 5.01 Å². The number of nitrogens with zero attached hydrogens (tertiary/aromatic N) is 2. The molecule has 0 aliphatic carbocycles. The molecule has 1 atom stereocenters. The molecule has 2 heterocycles. The van der Waals surface area contributed by atoms with E-state index >= 15 is 0 Å². The number of likely N-dealkylation sites (N-methyl/N-ethyl adjacent to an activating group) is 1. The van der Waals surface area contributed by atoms with Crippen LogP contribution in [0.2, 0.25) is 0 Å². The van der Waals surface area contributed by atoms with Gasteiger partial charge in [-0.2, -0.15) is 0 Å². The SMILES string of the molecule is CN1CCNCC1c1nc(-c2ccccc2Br)cs1. The van der Waals surface area contributed by atoms with Gasteiger partial charge in [0.1, 0.15) is 5.01 Å². The Morgan fingerprint density at radius 3 is 3.05 bits per heavy atom. The van der Waals surface area contributed by atoms with Gasteiger partial charge in [-0.05, 0) is 13.1 Å². The monoisotopic (exact) mass is 337 g/mol. The lowest BCUT2D eigenvalue weighted by Crippen LogP contribution is -2.43. The van der Waals surface area contributed by atoms with E-state index in [-0.39, 0.29) is 0 Å². The van der Waals surface area contributed by atoms with E-state index in [1.54, 1.807) is 11.3 Å². The second-order valence-corrected chi connectivity index (χ2v) is 6.50. The van der Waals surface area contributed by atoms with Crippen LogP contribution in [-0.2, 0) is 0 Å². The molecule has 0 radical (unpaired) electrons. The van der Waals surface area contributed by atoms with Crippen LogP contribution in [0.5, 0.6) is 0 Å². The van der Waals surface area contributed by atoms with Crippen molar-refractivity contribution in [2.45, 2.75) is 6.04 Å². The molecule has 19 heavy (non-hydrogen) atoms. The van der Waals surface area contributed by atoms with Crippen molar-refractivity contribution in [3.05, 3.63) is 39.1 Å². The van der Waals surface area contributed by atoms with Crippen molar-refractivity contribution in [1.29, 1.82) is 0 Å². The molecule has 0 saturated carbocycles. The van der Waals surface area contributed by atoms with Gasteiger partial charge in [0.15, 0.2) is 0 Å². The standard InChI is InChI=1S/C14H16BrN3S/c1-18-7-6-16-8-13(18)14-17-12(9-19-14)10-4-2-3-5-11(10)15/h2-5,9,13,16H,6-8H2,1H3. The molecule has 1 fully saturated rings. The van der Waals surface area contributed by atoms with Crippen molar-refractivity contribution in [2.24, 2.45) is 0 Å². The first-order chi connectivity index (χ1) is 9.25. The summed E-state index contributed by atoms with van der Waals surface area (Å²) in [7, 11) is 2.17. The van der Waals surface area contributed by atoms with E-state index in [0.29, 0.717) is 6.04 Å². The van der Waals surface area contributed by atoms with Gasteiger partial charge in [-0.3, -0.25) is 4.90 Å². The first kappa shape index (κ1) is 13.2. The zero-order valence-corrected chi connectivity index (χ0v) is 13.2. The van der Waals surface area contributed by atoms with Gasteiger partial charge in [-0.15, -0.1) is 11.3 Å². The fraction of sp³-hybridized carbons (Fsp3) is 0.357. The Labute approximate surface area is 125 Å². The Morgan fingerprint density at radius 1 is 1.42 bits per heavy atom. The molecule has 1 aliphatic heterocycles. The van der Waals surface area contributed by atoms with E-state index in [1.807, 2.05) is 12.1 Å². The van der Waals surface area contributed by atoms with Crippen LogP contribution in [0.3, 0.4) is 0 Å². The van der Waals surface area contributed by atoms with Gasteiger partial charge in [0.05, 0.1) is 11.7 Å². The number of thiazole rings is 1. The molecule has 0 spiro atoms. The van der Waals surface area contributed by atoms with Gasteiger partial charge in [0.25, 0.3) is 0 Å². The molecule has 3 nitrogen and oxygen atoms in total. The first-order valence-electron chi connectivity index (χ1n) is 6.37. The molecule has 3 rings (SSSR count). The van der Waals surface area contributed by atoms with Crippen molar-refractivity contribution in [3.8, 4) is 11.3 Å². The fourth-order valence-electron chi connectivity index (χ4n) is 2.32. The first-order valence-corrected chi connectivity index (χ1v) is 8.04. The Kier molecular flexibility index (Phi) is 3.98. The van der Waals surface area contributed by atoms with Gasteiger partial charge in [-0.25, -0.2) is 4.98 Å². The van der Waals surface area contributed by atoms with Gasteiger partial charge < -0.3 is 5.32 Å². The van der Waals surface area contributed by atoms with Crippen LogP contribution >= 0.6 is 27.3 Å². The molecule has 5 heteroatoms. The lowest BCUT2D eigenvalue weighted by molar-refractivity contribution is 0.202. The number of piperazine rings is 1. The quantitative estimate of drug-likeness (QED) is 0.912. The molecular formula is C14H16BrN3S. The molecule has 0 bridgehead atoms. The summed E-state index contributed by atoms with van der Waals surface area (Å²) in [6.07, 6.45) is 0. The number of benzene rings is 1. The second kappa shape index (κ2) is 5.71. The highest BCUT2D eigenvalue weighted by molar-refractivity contribution is 9.10. The minimum Gasteiger partial charge on any atom is -0.313 e. The lowest BCUT2D eigenvalue weighted by Gasteiger charge is -2.31. The summed E-state index contributed by atoms with van der Waals surface area (Å²) >= 11 is 5.34. The molecule has 1 saturated heterocycles. The molecule has 1 N–H and O–H groups in total. The summed E-state index contributed by atoms with van der Waals surface area (Å²) in [5.74, 6) is 0. The van der Waals surface area contributed by atoms with Crippen LogP contribution in [0.4, 0.5) is 0 Å². The predicted molar refractivity (Wildman–Crippen MR) is 83.5 cm³/mol. The van der Waals surface area contributed by atoms with E-state index in [4.69, 9.17) is 4.98 Å². The van der Waals surface area contributed by atoms with Crippen LogP contribution < -0.4 is 5.32 Å². The largest absolute Gasteiger partial charge is 0.313 e. The van der Waals surface area contributed by atoms with Crippen LogP contribution in [0.25, 0.3) is 11.3 Å². The van der Waals surface area contributed by atoms with E-state index < -0.39 is 0 Å². The van der Waals surface area contributed by atoms with Crippen molar-refractivity contribution >= 4 is 27.3 Å². The van der Waals surface area contributed by atoms with Gasteiger partial charge >= 0.3 is 0 Å². The van der Waals surface area contributed by atoms with E-state index in [0.717, 1.165) is 35.4 Å². The summed E-state index contributed by atoms with van der Waals surface area (Å²) < 4.78 is 1.10. The maximum Gasteiger partial charge on any atom is 0.112 e. The summed E-state index contributed by atoms with van der Waals surface area (Å²) in [4.78, 5) is 7.20. The third-order valence-corrected chi connectivity index (χ3v) is 5.11. The number of nitrogens with one attached hydrogen (secondary N) is 1. The fourth-order valence-corrected chi connectivity index (χ4v) is 3.79. The van der Waals surface area contributed by atoms with Gasteiger partial charge in [0.2, 0.25) is 0 Å². The normalized spacial score (nSPS) is 20.6. The number of rotatable bonds is 2. The highest BCUT2D eigenvalue weighted by Gasteiger charge is 2.23. The summed E-state index contributed by atoms with van der Waals surface area (Å²) in [5, 5.41) is 6.79. The Bertz CT molecular complexity index is 569. The zero-order valence-electron chi connectivity index (χ0n) is 10.8. The van der Waals surface area contributed by atoms with Crippen molar-refractivity contribution in [1.82, 2.24) is 15.2 Å². The highest BCUT2D eigenvalue weighted by atomic mass is 79.9. The molecule has 0 amide bonds. The number of hydrogen-bond acceptors (Lipinski definition) is 4. The number of hydrogen-bond donors (Lipinski definition) is 1. The lowest BCUT2D eigenvalue weighted by atomic mass is 10.2. The number of halogens is 1. The van der Waals surface area contributed by atoms with Crippen LogP contribution in [0.15, 0.2) is 34.1 Å². The average Bonchev–Trinajstić information content (AvgIpc) is 2.89. The van der Waals surface area contributed by atoms with Gasteiger partial charge in [-0.1, -0.05) is 34.1 Å². The molecule has 2 aromatic rings. The van der Waals surface area contributed by atoms with Crippen molar-refractivity contribution in [2.75, 3.05) is 26.7 Å². The second-order valence-electron chi connectivity index (χ2n) is 4.75. The maximum atomic E-state index is 4.82. The van der Waals surface area contributed by atoms with Crippen LogP contribution in [0, 0.1) is 0 Å². The number of aromatic nitrogens is 1. The van der Waals surface area contributed by atoms with Crippen molar-refractivity contribution in [3.63, 3.8) is 0 Å². The molecular weight excluding hydrogens is 322 g/mol. The third kappa shape index (κ3) is 2.74. The average molecular weight is 338 g/mol. The zero-order chi connectivity index (χ0) is 13.2. The molecule has 1 aliphatic rings. The third-order valence-electron chi connectivity index (χ3n) is 3.47. The minimum atomic E-state index is 0.398. The predicted octanol–water partition coefficient (Wildman–Crippen LogP) is 3.15. The van der Waals surface area contributed by atoms with Crippen molar-refractivity contribution < 1.29 is 0 Å². The van der Waals surface area contributed by atoms with E-state index in [2.05, 4.69) is 50.7 Å². The molecule has 1 unspecified atom stereocenters. The summed E-state index contributed by atoms with van der Waals surface area (Å²) in [6, 6.07) is 8.64. The molecule has 1 aromatic carbocycles. The van der Waals surface area contributed by atoms with Gasteiger partial charge in [0, 0.05) is 35.1 Å². The van der Waals surface area contributed by atoms with Crippen LogP contribution in [0.1, 0.15) is 11.0 Å². The highest BCUT2D eigenvalue weighted by Crippen LogP contribution is 2.32. The molecule has 100 valence electrons. The summed E-state index contributed by atoms with van der Waals surface area (Å²) in [6.45, 7) is 3.13. The maximum absolute atomic E-state index is 4.82. The minimum absolute atomic E-state index is 0.398. The Morgan fingerprint density at radius 2 is 2.26 bits per heavy atom. The Balaban J connectivity index is 1.89. The topological polar surface area (TPSA) is 28.2 Å². The Hall–Kier alpha value is -0.750. The van der Waals surface area contributed by atoms with Crippen LogP contribution in [-0.4, -0.2) is 36.6 Å². The smallest absolute Gasteiger partial charge is 0.112 e. The van der Waals surface area contributed by atoms with E-state index in [9.17, 15) is 0 Å². The summed E-state index contributed by atoms with van der Waals surface area (Å²) in [5.41, 5.74) is 2.22.